The Morgan fingerprint density at radius 3 is 2.30 bits per heavy atom. The molecule has 0 aromatic heterocycles. The molecule has 0 spiro atoms. The average Bonchev–Trinajstić information content (AvgIpc) is 2.42. The zero-order valence-electron chi connectivity index (χ0n) is 11.4. The lowest BCUT2D eigenvalue weighted by atomic mass is 9.96. The van der Waals surface area contributed by atoms with Crippen molar-refractivity contribution in [2.75, 3.05) is 6.54 Å². The van der Waals surface area contributed by atoms with Crippen LogP contribution in [0.2, 0.25) is 0 Å². The fourth-order valence-electron chi connectivity index (χ4n) is 2.21. The second-order valence-electron chi connectivity index (χ2n) is 4.68. The first-order valence-corrected chi connectivity index (χ1v) is 7.26. The zero-order valence-corrected chi connectivity index (χ0v) is 13.0. The van der Waals surface area contributed by atoms with Gasteiger partial charge in [0, 0.05) is 15.6 Å². The Kier molecular flexibility index (Phi) is 4.89. The second kappa shape index (κ2) is 6.46. The molecule has 2 aromatic rings. The van der Waals surface area contributed by atoms with Crippen LogP contribution in [0.5, 0.6) is 0 Å². The molecule has 0 heterocycles. The van der Waals surface area contributed by atoms with Crippen LogP contribution < -0.4 is 5.32 Å². The minimum absolute atomic E-state index is 0.332. The highest BCUT2D eigenvalue weighted by Gasteiger charge is 2.20. The molecule has 106 valence electrons. The summed E-state index contributed by atoms with van der Waals surface area (Å²) >= 11 is 3.33. The summed E-state index contributed by atoms with van der Waals surface area (Å²) in [4.78, 5) is 0. The van der Waals surface area contributed by atoms with Crippen molar-refractivity contribution >= 4 is 15.9 Å². The molecule has 0 saturated heterocycles. The molecule has 2 rings (SSSR count). The quantitative estimate of drug-likeness (QED) is 0.848. The predicted molar refractivity (Wildman–Crippen MR) is 80.8 cm³/mol. The number of aryl methyl sites for hydroxylation is 1. The largest absolute Gasteiger partial charge is 0.306 e. The van der Waals surface area contributed by atoms with Crippen LogP contribution in [0.4, 0.5) is 8.78 Å². The van der Waals surface area contributed by atoms with Crippen LogP contribution in [0, 0.1) is 18.6 Å². The zero-order chi connectivity index (χ0) is 14.7. The van der Waals surface area contributed by atoms with Gasteiger partial charge in [0.1, 0.15) is 11.6 Å². The van der Waals surface area contributed by atoms with Crippen molar-refractivity contribution in [2.24, 2.45) is 0 Å². The van der Waals surface area contributed by atoms with E-state index < -0.39 is 6.04 Å². The number of hydrogen-bond donors (Lipinski definition) is 1. The third-order valence-corrected chi connectivity index (χ3v) is 3.63. The van der Waals surface area contributed by atoms with E-state index in [0.29, 0.717) is 17.7 Å². The topological polar surface area (TPSA) is 12.0 Å². The maximum Gasteiger partial charge on any atom is 0.128 e. The van der Waals surface area contributed by atoms with Crippen LogP contribution in [0.15, 0.2) is 40.9 Å². The van der Waals surface area contributed by atoms with Gasteiger partial charge in [0.05, 0.1) is 6.04 Å². The minimum atomic E-state index is -0.502. The van der Waals surface area contributed by atoms with Gasteiger partial charge >= 0.3 is 0 Å². The summed E-state index contributed by atoms with van der Waals surface area (Å²) < 4.78 is 28.9. The molecule has 20 heavy (non-hydrogen) atoms. The van der Waals surface area contributed by atoms with Gasteiger partial charge in [-0.3, -0.25) is 0 Å². The Balaban J connectivity index is 2.55. The Morgan fingerprint density at radius 2 is 1.65 bits per heavy atom. The summed E-state index contributed by atoms with van der Waals surface area (Å²) in [6.07, 6.45) is 0. The molecule has 0 fully saturated rings. The van der Waals surface area contributed by atoms with Gasteiger partial charge in [0.15, 0.2) is 0 Å². The van der Waals surface area contributed by atoms with E-state index in [1.165, 1.54) is 12.1 Å². The SMILES string of the molecule is CCNC(c1cc(C)ccc1F)c1cc(Br)ccc1F. The van der Waals surface area contributed by atoms with Crippen molar-refractivity contribution in [3.63, 3.8) is 0 Å². The first kappa shape index (κ1) is 15.1. The molecule has 1 N–H and O–H groups in total. The van der Waals surface area contributed by atoms with Gasteiger partial charge in [-0.05, 0) is 37.7 Å². The summed E-state index contributed by atoms with van der Waals surface area (Å²) in [6.45, 7) is 4.42. The number of benzene rings is 2. The summed E-state index contributed by atoms with van der Waals surface area (Å²) in [5.74, 6) is -0.680. The summed E-state index contributed by atoms with van der Waals surface area (Å²) in [5.41, 5.74) is 1.84. The molecule has 4 heteroatoms. The van der Waals surface area contributed by atoms with Crippen molar-refractivity contribution in [3.8, 4) is 0 Å². The lowest BCUT2D eigenvalue weighted by Crippen LogP contribution is -2.24. The van der Waals surface area contributed by atoms with E-state index in [1.807, 2.05) is 13.8 Å². The highest BCUT2D eigenvalue weighted by atomic mass is 79.9. The Morgan fingerprint density at radius 1 is 1.05 bits per heavy atom. The van der Waals surface area contributed by atoms with Gasteiger partial charge in [-0.1, -0.05) is 40.5 Å². The van der Waals surface area contributed by atoms with E-state index in [1.54, 1.807) is 24.3 Å². The van der Waals surface area contributed by atoms with Crippen LogP contribution in [0.1, 0.15) is 29.7 Å². The van der Waals surface area contributed by atoms with Gasteiger partial charge in [0.25, 0.3) is 0 Å². The van der Waals surface area contributed by atoms with E-state index in [9.17, 15) is 8.78 Å². The number of hydrogen-bond acceptors (Lipinski definition) is 1. The maximum atomic E-state index is 14.1. The van der Waals surface area contributed by atoms with Gasteiger partial charge in [-0.2, -0.15) is 0 Å². The molecule has 2 aromatic carbocycles. The van der Waals surface area contributed by atoms with Crippen LogP contribution in [0.25, 0.3) is 0 Å². The minimum Gasteiger partial charge on any atom is -0.306 e. The van der Waals surface area contributed by atoms with E-state index in [0.717, 1.165) is 10.0 Å². The van der Waals surface area contributed by atoms with Crippen molar-refractivity contribution in [1.29, 1.82) is 0 Å². The molecule has 0 aliphatic carbocycles. The van der Waals surface area contributed by atoms with E-state index in [4.69, 9.17) is 0 Å². The van der Waals surface area contributed by atoms with Gasteiger partial charge in [0.2, 0.25) is 0 Å². The monoisotopic (exact) mass is 339 g/mol. The van der Waals surface area contributed by atoms with Crippen molar-refractivity contribution < 1.29 is 8.78 Å². The smallest absolute Gasteiger partial charge is 0.128 e. The van der Waals surface area contributed by atoms with Gasteiger partial charge in [-0.15, -0.1) is 0 Å². The number of rotatable bonds is 4. The molecule has 1 atom stereocenters. The van der Waals surface area contributed by atoms with Crippen LogP contribution >= 0.6 is 15.9 Å². The van der Waals surface area contributed by atoms with Crippen LogP contribution in [0.3, 0.4) is 0 Å². The van der Waals surface area contributed by atoms with Crippen molar-refractivity contribution in [2.45, 2.75) is 19.9 Å². The molecule has 1 nitrogen and oxygen atoms in total. The molecular weight excluding hydrogens is 324 g/mol. The highest BCUT2D eigenvalue weighted by Crippen LogP contribution is 2.29. The number of nitrogens with one attached hydrogen (secondary N) is 1. The fraction of sp³-hybridized carbons (Fsp3) is 0.250. The molecule has 0 bridgehead atoms. The van der Waals surface area contributed by atoms with E-state index >= 15 is 0 Å². The molecule has 0 aliphatic heterocycles. The lowest BCUT2D eigenvalue weighted by molar-refractivity contribution is 0.530. The second-order valence-corrected chi connectivity index (χ2v) is 5.60. The average molecular weight is 340 g/mol. The van der Waals surface area contributed by atoms with E-state index in [-0.39, 0.29) is 11.6 Å². The van der Waals surface area contributed by atoms with Gasteiger partial charge in [-0.25, -0.2) is 8.78 Å². The lowest BCUT2D eigenvalue weighted by Gasteiger charge is -2.21. The molecule has 0 radical (unpaired) electrons. The Hall–Kier alpha value is -1.26. The first-order chi connectivity index (χ1) is 9.52. The summed E-state index contributed by atoms with van der Waals surface area (Å²) in [7, 11) is 0. The first-order valence-electron chi connectivity index (χ1n) is 6.47. The van der Waals surface area contributed by atoms with E-state index in [2.05, 4.69) is 21.2 Å². The van der Waals surface area contributed by atoms with Gasteiger partial charge < -0.3 is 5.32 Å². The highest BCUT2D eigenvalue weighted by molar-refractivity contribution is 9.10. The third-order valence-electron chi connectivity index (χ3n) is 3.14. The number of halogens is 3. The van der Waals surface area contributed by atoms with Crippen molar-refractivity contribution in [3.05, 3.63) is 69.2 Å². The molecule has 0 amide bonds. The van der Waals surface area contributed by atoms with Crippen LogP contribution in [-0.4, -0.2) is 6.54 Å². The molecule has 0 saturated carbocycles. The molecule has 0 aliphatic rings. The normalized spacial score (nSPS) is 12.4. The fourth-order valence-corrected chi connectivity index (χ4v) is 2.59. The molecule has 1 unspecified atom stereocenters. The Labute approximate surface area is 126 Å². The molecular formula is C16H16BrF2N. The maximum absolute atomic E-state index is 14.1. The third kappa shape index (κ3) is 3.25. The predicted octanol–water partition coefficient (Wildman–Crippen LogP) is 4.73. The summed E-state index contributed by atoms with van der Waals surface area (Å²) in [5, 5.41) is 3.15. The summed E-state index contributed by atoms with van der Waals surface area (Å²) in [6, 6.07) is 9.08. The standard InChI is InChI=1S/C16H16BrF2N/c1-3-20-16(12-8-10(2)4-6-14(12)18)13-9-11(17)5-7-15(13)19/h4-9,16,20H,3H2,1-2H3. The van der Waals surface area contributed by atoms with Crippen LogP contribution in [-0.2, 0) is 0 Å². The Bertz CT molecular complexity index is 562. The van der Waals surface area contributed by atoms with Crippen molar-refractivity contribution in [1.82, 2.24) is 5.32 Å².